The van der Waals surface area contributed by atoms with E-state index in [0.717, 1.165) is 37.3 Å². The number of rotatable bonds is 7. The number of piperazine rings is 1. The molecule has 2 saturated heterocycles. The van der Waals surface area contributed by atoms with E-state index in [4.69, 9.17) is 23.8 Å². The van der Waals surface area contributed by atoms with E-state index in [1.807, 2.05) is 47.5 Å². The van der Waals surface area contributed by atoms with Crippen LogP contribution in [0.2, 0.25) is 5.02 Å². The monoisotopic (exact) mass is 500 g/mol. The molecule has 2 amide bonds. The molecule has 1 aromatic carbocycles. The van der Waals surface area contributed by atoms with Gasteiger partial charge in [0.15, 0.2) is 0 Å². The highest BCUT2D eigenvalue weighted by atomic mass is 35.5. The lowest BCUT2D eigenvalue weighted by Crippen LogP contribution is -2.49. The minimum atomic E-state index is -0.146. The van der Waals surface area contributed by atoms with Gasteiger partial charge in [-0.2, -0.15) is 0 Å². The number of hydrogen-bond acceptors (Lipinski definition) is 6. The molecule has 2 fully saturated rings. The first-order valence-corrected chi connectivity index (χ1v) is 12.5. The zero-order valence-corrected chi connectivity index (χ0v) is 20.5. The van der Waals surface area contributed by atoms with Gasteiger partial charge in [0.2, 0.25) is 5.91 Å². The summed E-state index contributed by atoms with van der Waals surface area (Å²) in [5.41, 5.74) is 1.97. The van der Waals surface area contributed by atoms with E-state index in [-0.39, 0.29) is 18.2 Å². The third kappa shape index (κ3) is 6.41. The Balaban J connectivity index is 1.23. The largest absolute Gasteiger partial charge is 0.340 e. The molecule has 0 bridgehead atoms. The van der Waals surface area contributed by atoms with Gasteiger partial charge in [0.25, 0.3) is 5.91 Å². The van der Waals surface area contributed by atoms with Gasteiger partial charge in [0.1, 0.15) is 4.32 Å². The van der Waals surface area contributed by atoms with Crippen molar-refractivity contribution in [3.63, 3.8) is 0 Å². The van der Waals surface area contributed by atoms with Crippen LogP contribution in [0.3, 0.4) is 0 Å². The Morgan fingerprint density at radius 3 is 2.55 bits per heavy atom. The van der Waals surface area contributed by atoms with E-state index in [1.165, 1.54) is 16.7 Å². The van der Waals surface area contributed by atoms with Crippen molar-refractivity contribution < 1.29 is 9.59 Å². The Hall–Kier alpha value is -2.26. The number of thioether (sulfide) groups is 1. The first kappa shape index (κ1) is 23.9. The molecule has 0 aliphatic carbocycles. The van der Waals surface area contributed by atoms with Crippen molar-refractivity contribution >= 4 is 57.8 Å². The van der Waals surface area contributed by atoms with Gasteiger partial charge < -0.3 is 4.90 Å². The Bertz CT molecular complexity index is 1040. The van der Waals surface area contributed by atoms with Crippen LogP contribution in [-0.2, 0) is 16.0 Å². The van der Waals surface area contributed by atoms with Crippen LogP contribution in [0.5, 0.6) is 0 Å². The highest BCUT2D eigenvalue weighted by molar-refractivity contribution is 8.26. The molecule has 0 saturated carbocycles. The van der Waals surface area contributed by atoms with Crippen molar-refractivity contribution in [2.24, 2.45) is 0 Å². The SMILES string of the molecule is O=C(CCN1C(=O)/C(=C/c2ccc(Cl)cc2)SC1=S)N1CCN(CCc2ccccn2)CC1. The smallest absolute Gasteiger partial charge is 0.266 e. The number of hydrogen-bond donors (Lipinski definition) is 0. The molecule has 2 aliphatic rings. The number of nitrogens with zero attached hydrogens (tertiary/aromatic N) is 4. The molecule has 0 N–H and O–H groups in total. The minimum absolute atomic E-state index is 0.0649. The molecule has 2 aliphatic heterocycles. The second-order valence-corrected chi connectivity index (χ2v) is 10.0. The van der Waals surface area contributed by atoms with Crippen molar-refractivity contribution in [2.45, 2.75) is 12.8 Å². The molecule has 0 atom stereocenters. The highest BCUT2D eigenvalue weighted by Gasteiger charge is 2.32. The molecule has 6 nitrogen and oxygen atoms in total. The second-order valence-electron chi connectivity index (χ2n) is 7.93. The van der Waals surface area contributed by atoms with Gasteiger partial charge in [-0.25, -0.2) is 0 Å². The van der Waals surface area contributed by atoms with Gasteiger partial charge in [-0.3, -0.25) is 24.4 Å². The fourth-order valence-electron chi connectivity index (χ4n) is 3.81. The molecular weight excluding hydrogens is 476 g/mol. The molecule has 0 spiro atoms. The van der Waals surface area contributed by atoms with Gasteiger partial charge >= 0.3 is 0 Å². The van der Waals surface area contributed by atoms with Crippen LogP contribution in [-0.4, -0.2) is 75.1 Å². The number of halogens is 1. The number of pyridine rings is 1. The molecule has 3 heterocycles. The maximum atomic E-state index is 12.8. The first-order chi connectivity index (χ1) is 16.0. The highest BCUT2D eigenvalue weighted by Crippen LogP contribution is 2.32. The topological polar surface area (TPSA) is 56.8 Å². The van der Waals surface area contributed by atoms with E-state index in [9.17, 15) is 9.59 Å². The van der Waals surface area contributed by atoms with Gasteiger partial charge in [-0.15, -0.1) is 0 Å². The van der Waals surface area contributed by atoms with Crippen LogP contribution >= 0.6 is 35.6 Å². The van der Waals surface area contributed by atoms with Crippen LogP contribution in [0.15, 0.2) is 53.6 Å². The molecular formula is C24H25ClN4O2S2. The molecule has 1 aromatic heterocycles. The molecule has 4 rings (SSSR count). The maximum Gasteiger partial charge on any atom is 0.266 e. The number of aromatic nitrogens is 1. The number of carbonyl (C=O) groups is 2. The van der Waals surface area contributed by atoms with Crippen LogP contribution in [0.4, 0.5) is 0 Å². The summed E-state index contributed by atoms with van der Waals surface area (Å²) >= 11 is 12.6. The zero-order valence-electron chi connectivity index (χ0n) is 18.2. The predicted molar refractivity (Wildman–Crippen MR) is 137 cm³/mol. The van der Waals surface area contributed by atoms with E-state index in [1.54, 1.807) is 12.1 Å². The lowest BCUT2D eigenvalue weighted by molar-refractivity contribution is -0.133. The summed E-state index contributed by atoms with van der Waals surface area (Å²) < 4.78 is 0.493. The van der Waals surface area contributed by atoms with Gasteiger partial charge in [0, 0.05) is 69.0 Å². The lowest BCUT2D eigenvalue weighted by atomic mass is 10.2. The summed E-state index contributed by atoms with van der Waals surface area (Å²) in [4.78, 5) is 36.3. The standard InChI is InChI=1S/C24H25ClN4O2S2/c25-19-6-4-18(5-7-19)17-21-23(31)29(24(32)33-21)12-9-22(30)28-15-13-27(14-16-28)11-8-20-3-1-2-10-26-20/h1-7,10,17H,8-9,11-16H2/b21-17-. The molecule has 2 aromatic rings. The van der Waals surface area contributed by atoms with E-state index in [0.29, 0.717) is 33.9 Å². The van der Waals surface area contributed by atoms with E-state index in [2.05, 4.69) is 9.88 Å². The zero-order chi connectivity index (χ0) is 23.2. The summed E-state index contributed by atoms with van der Waals surface area (Å²) in [6, 6.07) is 13.2. The summed E-state index contributed by atoms with van der Waals surface area (Å²) in [5.74, 6) is -0.0813. The second kappa shape index (κ2) is 11.2. The molecule has 9 heteroatoms. The van der Waals surface area contributed by atoms with Gasteiger partial charge in [0.05, 0.1) is 4.91 Å². The van der Waals surface area contributed by atoms with E-state index >= 15 is 0 Å². The third-order valence-electron chi connectivity index (χ3n) is 5.73. The van der Waals surface area contributed by atoms with Crippen molar-refractivity contribution in [1.29, 1.82) is 0 Å². The molecule has 0 radical (unpaired) electrons. The number of carbonyl (C=O) groups excluding carboxylic acids is 2. The van der Waals surface area contributed by atoms with Crippen LogP contribution in [0.1, 0.15) is 17.7 Å². The molecule has 172 valence electrons. The fraction of sp³-hybridized carbons (Fsp3) is 0.333. The summed E-state index contributed by atoms with van der Waals surface area (Å²) in [7, 11) is 0. The van der Waals surface area contributed by atoms with Crippen molar-refractivity contribution in [3.8, 4) is 0 Å². The van der Waals surface area contributed by atoms with Gasteiger partial charge in [-0.1, -0.05) is 53.8 Å². The Labute approximate surface area is 208 Å². The molecule has 0 unspecified atom stereocenters. The van der Waals surface area contributed by atoms with Crippen LogP contribution in [0, 0.1) is 0 Å². The predicted octanol–water partition coefficient (Wildman–Crippen LogP) is 3.71. The van der Waals surface area contributed by atoms with Crippen LogP contribution in [0.25, 0.3) is 6.08 Å². The van der Waals surface area contributed by atoms with E-state index < -0.39 is 0 Å². The van der Waals surface area contributed by atoms with Crippen molar-refractivity contribution in [3.05, 3.63) is 69.8 Å². The third-order valence-corrected chi connectivity index (χ3v) is 7.36. The number of amides is 2. The lowest BCUT2D eigenvalue weighted by Gasteiger charge is -2.35. The average Bonchev–Trinajstić information content (AvgIpc) is 3.10. The average molecular weight is 501 g/mol. The summed E-state index contributed by atoms with van der Waals surface area (Å²) in [5, 5.41) is 0.646. The Morgan fingerprint density at radius 2 is 1.85 bits per heavy atom. The number of thiocarbonyl (C=S) groups is 1. The van der Waals surface area contributed by atoms with Gasteiger partial charge in [-0.05, 0) is 35.9 Å². The van der Waals surface area contributed by atoms with Crippen LogP contribution < -0.4 is 0 Å². The van der Waals surface area contributed by atoms with Crippen molar-refractivity contribution in [2.75, 3.05) is 39.3 Å². The summed E-state index contributed by atoms with van der Waals surface area (Å²) in [6.45, 7) is 4.36. The summed E-state index contributed by atoms with van der Waals surface area (Å²) in [6.07, 6.45) is 4.81. The molecule has 33 heavy (non-hydrogen) atoms. The minimum Gasteiger partial charge on any atom is -0.340 e. The fourth-order valence-corrected chi connectivity index (χ4v) is 5.24. The quantitative estimate of drug-likeness (QED) is 0.426. The van der Waals surface area contributed by atoms with Crippen molar-refractivity contribution in [1.82, 2.24) is 19.7 Å². The Kier molecular flexibility index (Phi) is 8.14. The normalized spacial score (nSPS) is 18.4. The number of benzene rings is 1. The maximum absolute atomic E-state index is 12.8. The Morgan fingerprint density at radius 1 is 1.09 bits per heavy atom. The first-order valence-electron chi connectivity index (χ1n) is 10.9.